The highest BCUT2D eigenvalue weighted by molar-refractivity contribution is 7.89. The molecule has 0 aliphatic rings. The summed E-state index contributed by atoms with van der Waals surface area (Å²) < 4.78 is 39.8. The van der Waals surface area contributed by atoms with Crippen LogP contribution < -0.4 is 10.5 Å². The first kappa shape index (κ1) is 14.0. The fraction of sp³-hybridized carbons (Fsp3) is 0.167. The molecule has 102 valence electrons. The van der Waals surface area contributed by atoms with Crippen LogP contribution in [0.4, 0.5) is 10.1 Å². The topological polar surface area (TPSA) is 72.2 Å². The lowest BCUT2D eigenvalue weighted by Crippen LogP contribution is -2.27. The zero-order valence-electron chi connectivity index (χ0n) is 10.1. The first-order chi connectivity index (χ1) is 8.90. The van der Waals surface area contributed by atoms with E-state index in [0.29, 0.717) is 0 Å². The minimum Gasteiger partial charge on any atom is -0.398 e. The van der Waals surface area contributed by atoms with E-state index < -0.39 is 15.8 Å². The number of nitrogen functional groups attached to an aromatic ring is 1. The summed E-state index contributed by atoms with van der Waals surface area (Å²) in [5.41, 5.74) is 5.44. The van der Waals surface area contributed by atoms with Crippen molar-refractivity contribution in [2.75, 3.05) is 5.73 Å². The average molecular weight is 300 g/mol. The molecule has 0 amide bonds. The van der Waals surface area contributed by atoms with Crippen molar-refractivity contribution in [1.29, 1.82) is 0 Å². The summed E-state index contributed by atoms with van der Waals surface area (Å²) in [6.07, 6.45) is 0. The largest absolute Gasteiger partial charge is 0.398 e. The van der Waals surface area contributed by atoms with Gasteiger partial charge in [0.1, 0.15) is 10.7 Å². The van der Waals surface area contributed by atoms with Crippen LogP contribution in [0.3, 0.4) is 0 Å². The highest BCUT2D eigenvalue weighted by Crippen LogP contribution is 2.24. The van der Waals surface area contributed by atoms with E-state index in [1.54, 1.807) is 6.92 Å². The Morgan fingerprint density at radius 1 is 1.37 bits per heavy atom. The van der Waals surface area contributed by atoms with Crippen LogP contribution in [0.1, 0.15) is 17.8 Å². The summed E-state index contributed by atoms with van der Waals surface area (Å²) >= 11 is 1.46. The molecule has 4 nitrogen and oxygen atoms in total. The molecule has 3 N–H and O–H groups in total. The van der Waals surface area contributed by atoms with E-state index in [0.717, 1.165) is 23.1 Å². The fourth-order valence-electron chi connectivity index (χ4n) is 1.66. The molecular formula is C12H13FN2O2S2. The third-order valence-corrected chi connectivity index (χ3v) is 5.23. The highest BCUT2D eigenvalue weighted by atomic mass is 32.2. The number of thiophene rings is 1. The lowest BCUT2D eigenvalue weighted by molar-refractivity contribution is 0.568. The summed E-state index contributed by atoms with van der Waals surface area (Å²) in [5, 5.41) is 1.87. The third-order valence-electron chi connectivity index (χ3n) is 2.56. The first-order valence-corrected chi connectivity index (χ1v) is 7.87. The zero-order valence-corrected chi connectivity index (χ0v) is 11.8. The summed E-state index contributed by atoms with van der Waals surface area (Å²) in [6.45, 7) is 1.74. The Hall–Kier alpha value is -1.44. The van der Waals surface area contributed by atoms with Crippen LogP contribution in [0.2, 0.25) is 0 Å². The van der Waals surface area contributed by atoms with Crippen LogP contribution in [-0.4, -0.2) is 8.42 Å². The highest BCUT2D eigenvalue weighted by Gasteiger charge is 2.21. The number of benzene rings is 1. The van der Waals surface area contributed by atoms with Gasteiger partial charge in [-0.2, -0.15) is 0 Å². The summed E-state index contributed by atoms with van der Waals surface area (Å²) in [6, 6.07) is 6.54. The molecule has 1 unspecified atom stereocenters. The molecule has 19 heavy (non-hydrogen) atoms. The van der Waals surface area contributed by atoms with Gasteiger partial charge in [0.15, 0.2) is 0 Å². The Bertz CT molecular complexity index is 669. The van der Waals surface area contributed by atoms with E-state index in [1.807, 2.05) is 17.5 Å². The molecule has 0 aliphatic heterocycles. The Kier molecular flexibility index (Phi) is 3.88. The van der Waals surface area contributed by atoms with Crippen molar-refractivity contribution in [3.05, 3.63) is 46.4 Å². The zero-order chi connectivity index (χ0) is 14.0. The average Bonchev–Trinajstić information content (AvgIpc) is 2.80. The van der Waals surface area contributed by atoms with E-state index in [-0.39, 0.29) is 16.6 Å². The van der Waals surface area contributed by atoms with Gasteiger partial charge in [0, 0.05) is 4.88 Å². The second-order valence-corrected chi connectivity index (χ2v) is 6.70. The van der Waals surface area contributed by atoms with E-state index in [1.165, 1.54) is 11.3 Å². The molecule has 1 atom stereocenters. The van der Waals surface area contributed by atoms with Gasteiger partial charge in [0.25, 0.3) is 0 Å². The number of nitrogens with two attached hydrogens (primary N) is 1. The maximum atomic E-state index is 12.9. The molecule has 0 bridgehead atoms. The van der Waals surface area contributed by atoms with Gasteiger partial charge in [-0.1, -0.05) is 6.07 Å². The van der Waals surface area contributed by atoms with E-state index in [2.05, 4.69) is 4.72 Å². The normalized spacial score (nSPS) is 13.4. The Balaban J connectivity index is 2.28. The standard InChI is InChI=1S/C12H13FN2O2S2/c1-8(11-3-2-6-18-11)15-19(16,17)12-5-4-9(13)7-10(12)14/h2-8,15H,14H2,1H3. The molecule has 1 heterocycles. The number of hydrogen-bond acceptors (Lipinski definition) is 4. The van der Waals surface area contributed by atoms with Crippen LogP contribution in [-0.2, 0) is 10.0 Å². The van der Waals surface area contributed by atoms with Crippen LogP contribution >= 0.6 is 11.3 Å². The smallest absolute Gasteiger partial charge is 0.243 e. The van der Waals surface area contributed by atoms with E-state index in [9.17, 15) is 12.8 Å². The Morgan fingerprint density at radius 3 is 2.68 bits per heavy atom. The van der Waals surface area contributed by atoms with Crippen molar-refractivity contribution in [1.82, 2.24) is 4.72 Å². The molecule has 0 radical (unpaired) electrons. The van der Waals surface area contributed by atoms with E-state index >= 15 is 0 Å². The summed E-state index contributed by atoms with van der Waals surface area (Å²) in [5.74, 6) is -0.567. The summed E-state index contributed by atoms with van der Waals surface area (Å²) in [4.78, 5) is 0.779. The second-order valence-electron chi connectivity index (χ2n) is 4.04. The van der Waals surface area contributed by atoms with Gasteiger partial charge in [-0.05, 0) is 36.6 Å². The van der Waals surface area contributed by atoms with Crippen molar-refractivity contribution in [2.24, 2.45) is 0 Å². The number of halogens is 1. The van der Waals surface area contributed by atoms with Crippen molar-refractivity contribution in [2.45, 2.75) is 17.9 Å². The molecule has 0 fully saturated rings. The minimum absolute atomic E-state index is 0.106. The minimum atomic E-state index is -3.77. The first-order valence-electron chi connectivity index (χ1n) is 5.51. The second kappa shape index (κ2) is 5.28. The van der Waals surface area contributed by atoms with Crippen LogP contribution in [0.5, 0.6) is 0 Å². The monoisotopic (exact) mass is 300 g/mol. The molecular weight excluding hydrogens is 287 g/mol. The van der Waals surface area contributed by atoms with Gasteiger partial charge in [-0.25, -0.2) is 17.5 Å². The predicted octanol–water partition coefficient (Wildman–Crippen LogP) is 2.51. The lowest BCUT2D eigenvalue weighted by atomic mass is 10.3. The molecule has 0 saturated heterocycles. The van der Waals surface area contributed by atoms with Gasteiger partial charge in [0.05, 0.1) is 11.7 Å². The number of hydrogen-bond donors (Lipinski definition) is 2. The van der Waals surface area contributed by atoms with Crippen molar-refractivity contribution >= 4 is 27.0 Å². The number of nitrogens with one attached hydrogen (secondary N) is 1. The van der Waals surface area contributed by atoms with Gasteiger partial charge in [0.2, 0.25) is 10.0 Å². The molecule has 1 aromatic heterocycles. The van der Waals surface area contributed by atoms with Gasteiger partial charge in [-0.15, -0.1) is 11.3 Å². The SMILES string of the molecule is CC(NS(=O)(=O)c1ccc(F)cc1N)c1cccs1. The van der Waals surface area contributed by atoms with Gasteiger partial charge >= 0.3 is 0 Å². The molecule has 0 spiro atoms. The number of rotatable bonds is 4. The third kappa shape index (κ3) is 3.12. The molecule has 7 heteroatoms. The molecule has 0 aliphatic carbocycles. The fourth-order valence-corrected chi connectivity index (χ4v) is 3.80. The molecule has 0 saturated carbocycles. The maximum absolute atomic E-state index is 12.9. The number of anilines is 1. The van der Waals surface area contributed by atoms with Crippen molar-refractivity contribution in [3.8, 4) is 0 Å². The maximum Gasteiger partial charge on any atom is 0.243 e. The van der Waals surface area contributed by atoms with Crippen LogP contribution in [0, 0.1) is 5.82 Å². The molecule has 2 rings (SSSR count). The Labute approximate surface area is 115 Å². The quantitative estimate of drug-likeness (QED) is 0.852. The lowest BCUT2D eigenvalue weighted by Gasteiger charge is -2.14. The molecule has 2 aromatic rings. The number of sulfonamides is 1. The van der Waals surface area contributed by atoms with Crippen LogP contribution in [0.15, 0.2) is 40.6 Å². The van der Waals surface area contributed by atoms with Crippen LogP contribution in [0.25, 0.3) is 0 Å². The van der Waals surface area contributed by atoms with Crippen molar-refractivity contribution < 1.29 is 12.8 Å². The molecule has 1 aromatic carbocycles. The summed E-state index contributed by atoms with van der Waals surface area (Å²) in [7, 11) is -3.77. The van der Waals surface area contributed by atoms with Gasteiger partial charge < -0.3 is 5.73 Å². The Morgan fingerprint density at radius 2 is 2.11 bits per heavy atom. The predicted molar refractivity (Wildman–Crippen MR) is 73.9 cm³/mol. The van der Waals surface area contributed by atoms with Gasteiger partial charge in [-0.3, -0.25) is 0 Å². The van der Waals surface area contributed by atoms with E-state index in [4.69, 9.17) is 5.73 Å². The van der Waals surface area contributed by atoms with Crippen molar-refractivity contribution in [3.63, 3.8) is 0 Å².